The molecule has 5 rings (SSSR count). The monoisotopic (exact) mass is 432 g/mol. The van der Waals surface area contributed by atoms with Gasteiger partial charge in [0.15, 0.2) is 0 Å². The molecule has 0 radical (unpaired) electrons. The average molecular weight is 433 g/mol. The van der Waals surface area contributed by atoms with Gasteiger partial charge in [0.05, 0.1) is 0 Å². The van der Waals surface area contributed by atoms with E-state index < -0.39 is 0 Å². The molecule has 3 fully saturated rings. The third-order valence-corrected chi connectivity index (χ3v) is 7.42. The van der Waals surface area contributed by atoms with Crippen LogP contribution in [-0.2, 0) is 11.2 Å². The van der Waals surface area contributed by atoms with Crippen LogP contribution < -0.4 is 15.5 Å². The van der Waals surface area contributed by atoms with Crippen molar-refractivity contribution in [1.82, 2.24) is 10.2 Å². The number of anilines is 2. The topological polar surface area (TPSA) is 64.7 Å². The molecule has 168 valence electrons. The molecule has 2 N–H and O–H groups in total. The summed E-state index contributed by atoms with van der Waals surface area (Å²) < 4.78 is 0. The molecule has 2 aliphatic heterocycles. The molecule has 6 nitrogen and oxygen atoms in total. The van der Waals surface area contributed by atoms with E-state index in [4.69, 9.17) is 0 Å². The first-order chi connectivity index (χ1) is 15.6. The van der Waals surface area contributed by atoms with Crippen LogP contribution in [-0.4, -0.2) is 49.6 Å². The van der Waals surface area contributed by atoms with E-state index in [1.54, 1.807) is 4.90 Å². The molecular formula is C26H32N4O2. The van der Waals surface area contributed by atoms with Crippen LogP contribution in [0.3, 0.4) is 0 Å². The Morgan fingerprint density at radius 2 is 1.88 bits per heavy atom. The highest BCUT2D eigenvalue weighted by Crippen LogP contribution is 2.59. The van der Waals surface area contributed by atoms with Gasteiger partial charge in [0, 0.05) is 30.4 Å². The van der Waals surface area contributed by atoms with Crippen molar-refractivity contribution < 1.29 is 9.59 Å². The Kier molecular flexibility index (Phi) is 5.87. The molecule has 1 atom stereocenters. The van der Waals surface area contributed by atoms with Crippen molar-refractivity contribution in [2.45, 2.75) is 32.1 Å². The zero-order chi connectivity index (χ0) is 22.0. The van der Waals surface area contributed by atoms with E-state index in [2.05, 4.69) is 45.9 Å². The van der Waals surface area contributed by atoms with Crippen LogP contribution in [0.2, 0.25) is 0 Å². The molecule has 6 heteroatoms. The molecule has 1 spiro atoms. The van der Waals surface area contributed by atoms with E-state index in [1.807, 2.05) is 24.3 Å². The van der Waals surface area contributed by atoms with Gasteiger partial charge in [0.1, 0.15) is 0 Å². The van der Waals surface area contributed by atoms with Crippen molar-refractivity contribution >= 4 is 23.3 Å². The van der Waals surface area contributed by atoms with Gasteiger partial charge in [0.25, 0.3) is 0 Å². The maximum absolute atomic E-state index is 12.9. The summed E-state index contributed by atoms with van der Waals surface area (Å²) in [6.45, 7) is 4.64. The van der Waals surface area contributed by atoms with Gasteiger partial charge in [-0.2, -0.15) is 0 Å². The lowest BCUT2D eigenvalue weighted by atomic mass is 9.90. The lowest BCUT2D eigenvalue weighted by Crippen LogP contribution is -2.37. The van der Waals surface area contributed by atoms with Crippen LogP contribution in [0.1, 0.15) is 31.2 Å². The van der Waals surface area contributed by atoms with Crippen LogP contribution in [0.15, 0.2) is 54.6 Å². The Morgan fingerprint density at radius 1 is 1.06 bits per heavy atom. The second-order valence-corrected chi connectivity index (χ2v) is 9.47. The summed E-state index contributed by atoms with van der Waals surface area (Å²) >= 11 is 0. The van der Waals surface area contributed by atoms with E-state index in [-0.39, 0.29) is 23.3 Å². The van der Waals surface area contributed by atoms with Gasteiger partial charge >= 0.3 is 6.03 Å². The van der Waals surface area contributed by atoms with Crippen molar-refractivity contribution in [3.63, 3.8) is 0 Å². The maximum atomic E-state index is 12.9. The van der Waals surface area contributed by atoms with Gasteiger partial charge in [-0.3, -0.25) is 9.69 Å². The van der Waals surface area contributed by atoms with Crippen LogP contribution in [0.5, 0.6) is 0 Å². The molecule has 1 saturated carbocycles. The minimum Gasteiger partial charge on any atom is -0.336 e. The summed E-state index contributed by atoms with van der Waals surface area (Å²) in [5, 5.41) is 5.92. The quantitative estimate of drug-likeness (QED) is 0.698. The summed E-state index contributed by atoms with van der Waals surface area (Å²) in [6.07, 6.45) is 5.55. The third kappa shape index (κ3) is 4.51. The molecule has 3 amide bonds. The molecule has 1 aliphatic carbocycles. The Balaban J connectivity index is 1.09. The van der Waals surface area contributed by atoms with Gasteiger partial charge in [-0.05, 0) is 80.9 Å². The van der Waals surface area contributed by atoms with Crippen molar-refractivity contribution in [2.24, 2.45) is 11.3 Å². The normalized spacial score (nSPS) is 22.1. The molecule has 2 saturated heterocycles. The van der Waals surface area contributed by atoms with Gasteiger partial charge in [-0.15, -0.1) is 0 Å². The fraction of sp³-hybridized carbons (Fsp3) is 0.462. The number of nitrogens with zero attached hydrogens (tertiary/aromatic N) is 2. The number of piperidine rings is 1. The summed E-state index contributed by atoms with van der Waals surface area (Å²) in [5.41, 5.74) is 3.21. The van der Waals surface area contributed by atoms with Gasteiger partial charge < -0.3 is 15.5 Å². The highest BCUT2D eigenvalue weighted by molar-refractivity contribution is 5.97. The van der Waals surface area contributed by atoms with Crippen LogP contribution >= 0.6 is 0 Å². The first-order valence-electron chi connectivity index (χ1n) is 11.9. The molecular weight excluding hydrogens is 400 g/mol. The van der Waals surface area contributed by atoms with Crippen LogP contribution in [0.25, 0.3) is 0 Å². The molecule has 1 unspecified atom stereocenters. The van der Waals surface area contributed by atoms with Crippen LogP contribution in [0.4, 0.5) is 16.2 Å². The lowest BCUT2D eigenvalue weighted by molar-refractivity contribution is -0.118. The number of nitrogens with one attached hydrogen (secondary N) is 2. The molecule has 0 aromatic heterocycles. The molecule has 3 aliphatic rings. The largest absolute Gasteiger partial charge is 0.336 e. The maximum Gasteiger partial charge on any atom is 0.321 e. The minimum atomic E-state index is -0.0786. The third-order valence-electron chi connectivity index (χ3n) is 7.42. The zero-order valence-corrected chi connectivity index (χ0v) is 18.6. The first-order valence-corrected chi connectivity index (χ1v) is 11.9. The predicted octanol–water partition coefficient (Wildman–Crippen LogP) is 3.89. The Hall–Kier alpha value is -2.86. The minimum absolute atomic E-state index is 0.0786. The lowest BCUT2D eigenvalue weighted by Gasteiger charge is -2.32. The number of hydrogen-bond acceptors (Lipinski definition) is 3. The fourth-order valence-corrected chi connectivity index (χ4v) is 5.34. The van der Waals surface area contributed by atoms with Crippen molar-refractivity contribution in [1.29, 1.82) is 0 Å². The molecule has 0 bridgehead atoms. The standard InChI is InChI=1S/C26H32N4O2/c31-24(28-21-9-4-10-22(18-21)30-17-13-27-25(30)32)23-19-26(23)11-15-29(16-12-26)14-5-8-20-6-2-1-3-7-20/h1-4,6-7,9-10,18,23H,5,8,11-17,19H2,(H,27,32)(H,28,31). The average Bonchev–Trinajstić information content (AvgIpc) is 3.35. The van der Waals surface area contributed by atoms with E-state index in [1.165, 1.54) is 12.0 Å². The fourth-order valence-electron chi connectivity index (χ4n) is 5.34. The number of likely N-dealkylation sites (tertiary alicyclic amines) is 1. The van der Waals surface area contributed by atoms with Gasteiger partial charge in [-0.1, -0.05) is 36.4 Å². The predicted molar refractivity (Wildman–Crippen MR) is 127 cm³/mol. The molecule has 2 aromatic rings. The van der Waals surface area contributed by atoms with E-state index >= 15 is 0 Å². The Bertz CT molecular complexity index is 969. The van der Waals surface area contributed by atoms with Crippen molar-refractivity contribution in [3.05, 3.63) is 60.2 Å². The Labute approximate surface area is 190 Å². The van der Waals surface area contributed by atoms with Gasteiger partial charge in [0.2, 0.25) is 5.91 Å². The van der Waals surface area contributed by atoms with E-state index in [9.17, 15) is 9.59 Å². The summed E-state index contributed by atoms with van der Waals surface area (Å²) in [6, 6.07) is 18.2. The number of urea groups is 1. The number of benzene rings is 2. The number of amides is 3. The number of aryl methyl sites for hydroxylation is 1. The molecule has 32 heavy (non-hydrogen) atoms. The second kappa shape index (κ2) is 8.94. The zero-order valence-electron chi connectivity index (χ0n) is 18.6. The Morgan fingerprint density at radius 3 is 2.62 bits per heavy atom. The summed E-state index contributed by atoms with van der Waals surface area (Å²) in [7, 11) is 0. The highest BCUT2D eigenvalue weighted by Gasteiger charge is 2.58. The van der Waals surface area contributed by atoms with Crippen molar-refractivity contribution in [3.8, 4) is 0 Å². The second-order valence-electron chi connectivity index (χ2n) is 9.47. The van der Waals surface area contributed by atoms with Gasteiger partial charge in [-0.25, -0.2) is 4.79 Å². The van der Waals surface area contributed by atoms with E-state index in [0.29, 0.717) is 13.1 Å². The number of rotatable bonds is 7. The number of hydrogen-bond donors (Lipinski definition) is 2. The van der Waals surface area contributed by atoms with Crippen LogP contribution in [0, 0.1) is 11.3 Å². The smallest absolute Gasteiger partial charge is 0.321 e. The number of carbonyl (C=O) groups excluding carboxylic acids is 2. The van der Waals surface area contributed by atoms with Crippen molar-refractivity contribution in [2.75, 3.05) is 42.9 Å². The molecule has 2 heterocycles. The molecule has 2 aromatic carbocycles. The number of carbonyl (C=O) groups is 2. The van der Waals surface area contributed by atoms with E-state index in [0.717, 1.165) is 56.7 Å². The summed E-state index contributed by atoms with van der Waals surface area (Å²) in [5.74, 6) is 0.248. The highest BCUT2D eigenvalue weighted by atomic mass is 16.2. The summed E-state index contributed by atoms with van der Waals surface area (Å²) in [4.78, 5) is 29.1. The first kappa shape index (κ1) is 21.0. The SMILES string of the molecule is O=C(Nc1cccc(N2CCNC2=O)c1)C1CC12CCN(CCCc1ccccc1)CC2.